The molecule has 0 aromatic carbocycles. The fourth-order valence-electron chi connectivity index (χ4n) is 2.84. The van der Waals surface area contributed by atoms with E-state index in [4.69, 9.17) is 5.11 Å². The minimum Gasteiger partial charge on any atom is -0.481 e. The fourth-order valence-corrected chi connectivity index (χ4v) is 3.82. The summed E-state index contributed by atoms with van der Waals surface area (Å²) in [6.45, 7) is 3.62. The fraction of sp³-hybridized carbons (Fsp3) is 0.688. The van der Waals surface area contributed by atoms with Crippen molar-refractivity contribution in [2.45, 2.75) is 70.3 Å². The van der Waals surface area contributed by atoms with Gasteiger partial charge in [-0.1, -0.05) is 19.3 Å². The molecule has 2 rings (SSSR count). The van der Waals surface area contributed by atoms with Crippen LogP contribution in [0, 0.1) is 0 Å². The van der Waals surface area contributed by atoms with Gasteiger partial charge in [-0.25, -0.2) is 9.78 Å². The molecule has 7 heteroatoms. The Bertz CT molecular complexity index is 551. The highest BCUT2D eigenvalue weighted by Gasteiger charge is 2.23. The number of carbonyl (C=O) groups excluding carboxylic acids is 1. The van der Waals surface area contributed by atoms with Gasteiger partial charge in [-0.2, -0.15) is 0 Å². The molecule has 1 fully saturated rings. The van der Waals surface area contributed by atoms with Crippen LogP contribution in [0.25, 0.3) is 0 Å². The molecule has 1 aliphatic carbocycles. The number of carbonyl (C=O) groups is 2. The number of urea groups is 1. The van der Waals surface area contributed by atoms with Crippen molar-refractivity contribution in [1.29, 1.82) is 0 Å². The summed E-state index contributed by atoms with van der Waals surface area (Å²) in [4.78, 5) is 28.2. The summed E-state index contributed by atoms with van der Waals surface area (Å²) in [5.74, 6) is -0.288. The van der Waals surface area contributed by atoms with E-state index < -0.39 is 11.5 Å². The molecular weight excluding hydrogens is 314 g/mol. The summed E-state index contributed by atoms with van der Waals surface area (Å²) in [7, 11) is 0. The summed E-state index contributed by atoms with van der Waals surface area (Å²) in [6.07, 6.45) is 8.52. The quantitative estimate of drug-likeness (QED) is 0.731. The maximum atomic E-state index is 12.1. The second-order valence-corrected chi connectivity index (χ2v) is 7.82. The Morgan fingerprint density at radius 1 is 1.35 bits per heavy atom. The van der Waals surface area contributed by atoms with Crippen molar-refractivity contribution >= 4 is 28.5 Å². The number of nitrogens with one attached hydrogen (secondary N) is 2. The molecule has 6 nitrogen and oxygen atoms in total. The number of thiazole rings is 1. The Hall–Kier alpha value is -1.63. The Morgan fingerprint density at radius 2 is 2.04 bits per heavy atom. The average Bonchev–Trinajstić information content (AvgIpc) is 2.94. The lowest BCUT2D eigenvalue weighted by Gasteiger charge is -2.25. The number of hydrogen-bond donors (Lipinski definition) is 3. The van der Waals surface area contributed by atoms with Crippen molar-refractivity contribution in [1.82, 2.24) is 10.3 Å². The molecule has 3 N–H and O–H groups in total. The number of hydrogen-bond acceptors (Lipinski definition) is 4. The predicted molar refractivity (Wildman–Crippen MR) is 91.0 cm³/mol. The number of rotatable bonds is 6. The highest BCUT2D eigenvalue weighted by molar-refractivity contribution is 7.15. The van der Waals surface area contributed by atoms with E-state index in [1.165, 1.54) is 48.3 Å². The number of carboxylic acids is 1. The third-order valence-corrected chi connectivity index (χ3v) is 5.24. The van der Waals surface area contributed by atoms with Crippen LogP contribution in [0.4, 0.5) is 9.93 Å². The van der Waals surface area contributed by atoms with Crippen molar-refractivity contribution in [3.63, 3.8) is 0 Å². The molecule has 2 amide bonds. The topological polar surface area (TPSA) is 91.3 Å². The van der Waals surface area contributed by atoms with Crippen LogP contribution in [0.3, 0.4) is 0 Å². The first kappa shape index (κ1) is 17.7. The minimum atomic E-state index is -0.864. The first-order valence-electron chi connectivity index (χ1n) is 8.12. The van der Waals surface area contributed by atoms with E-state index >= 15 is 0 Å². The minimum absolute atomic E-state index is 0.0242. The summed E-state index contributed by atoms with van der Waals surface area (Å²) in [5.41, 5.74) is -0.577. The Balaban J connectivity index is 1.85. The van der Waals surface area contributed by atoms with Crippen molar-refractivity contribution in [2.24, 2.45) is 0 Å². The molecule has 1 aromatic rings. The number of anilines is 1. The molecule has 1 heterocycles. The molecule has 0 saturated heterocycles. The van der Waals surface area contributed by atoms with Crippen LogP contribution >= 0.6 is 11.3 Å². The zero-order valence-electron chi connectivity index (χ0n) is 13.7. The molecule has 23 heavy (non-hydrogen) atoms. The van der Waals surface area contributed by atoms with E-state index in [0.717, 1.165) is 0 Å². The molecule has 0 aliphatic heterocycles. The van der Waals surface area contributed by atoms with E-state index in [1.54, 1.807) is 0 Å². The Labute approximate surface area is 140 Å². The second-order valence-electron chi connectivity index (χ2n) is 6.76. The average molecular weight is 339 g/mol. The van der Waals surface area contributed by atoms with Gasteiger partial charge in [0.2, 0.25) is 0 Å². The van der Waals surface area contributed by atoms with Gasteiger partial charge in [-0.3, -0.25) is 10.1 Å². The van der Waals surface area contributed by atoms with Gasteiger partial charge in [0, 0.05) is 23.0 Å². The lowest BCUT2D eigenvalue weighted by Crippen LogP contribution is -2.45. The van der Waals surface area contributed by atoms with Crippen LogP contribution in [0.1, 0.15) is 69.6 Å². The predicted octanol–water partition coefficient (Wildman–Crippen LogP) is 3.96. The van der Waals surface area contributed by atoms with E-state index in [1.807, 2.05) is 20.0 Å². The smallest absolute Gasteiger partial charge is 0.321 e. The number of carboxylic acid groups (broad SMARTS) is 1. The third-order valence-electron chi connectivity index (χ3n) is 4.17. The van der Waals surface area contributed by atoms with Gasteiger partial charge in [-0.05, 0) is 39.0 Å². The van der Waals surface area contributed by atoms with E-state index in [-0.39, 0.29) is 12.5 Å². The van der Waals surface area contributed by atoms with E-state index in [2.05, 4.69) is 15.6 Å². The van der Waals surface area contributed by atoms with Gasteiger partial charge >= 0.3 is 12.0 Å². The first-order chi connectivity index (χ1) is 10.9. The zero-order valence-corrected chi connectivity index (χ0v) is 14.5. The van der Waals surface area contributed by atoms with Gasteiger partial charge in [0.25, 0.3) is 0 Å². The van der Waals surface area contributed by atoms with Gasteiger partial charge in [0.1, 0.15) is 0 Å². The summed E-state index contributed by atoms with van der Waals surface area (Å²) >= 11 is 1.53. The van der Waals surface area contributed by atoms with E-state index in [9.17, 15) is 9.59 Å². The van der Waals surface area contributed by atoms with Gasteiger partial charge in [0.15, 0.2) is 5.13 Å². The van der Waals surface area contributed by atoms with Crippen LogP contribution in [0.15, 0.2) is 6.20 Å². The summed E-state index contributed by atoms with van der Waals surface area (Å²) in [5, 5.41) is 14.9. The van der Waals surface area contributed by atoms with Crippen LogP contribution < -0.4 is 10.6 Å². The van der Waals surface area contributed by atoms with E-state index in [0.29, 0.717) is 17.5 Å². The molecule has 128 valence electrons. The normalized spacial score (nSPS) is 16.1. The Morgan fingerprint density at radius 3 is 2.70 bits per heavy atom. The number of aromatic nitrogens is 1. The molecule has 0 unspecified atom stereocenters. The molecule has 0 radical (unpaired) electrons. The summed E-state index contributed by atoms with van der Waals surface area (Å²) < 4.78 is 0. The molecule has 1 aliphatic rings. The van der Waals surface area contributed by atoms with Gasteiger partial charge in [-0.15, -0.1) is 11.3 Å². The Kier molecular flexibility index (Phi) is 5.98. The number of nitrogens with zero attached hydrogens (tertiary/aromatic N) is 1. The number of aliphatic carboxylic acids is 1. The molecule has 0 bridgehead atoms. The van der Waals surface area contributed by atoms with Gasteiger partial charge in [0.05, 0.1) is 0 Å². The molecule has 1 saturated carbocycles. The zero-order chi connectivity index (χ0) is 16.9. The molecule has 1 aromatic heterocycles. The van der Waals surface area contributed by atoms with Crippen molar-refractivity contribution in [3.8, 4) is 0 Å². The maximum Gasteiger partial charge on any atom is 0.321 e. The SMILES string of the molecule is CC(C)(CCC(=O)O)NC(=O)Nc1ncc(C2CCCCC2)s1. The standard InChI is InChI=1S/C16H25N3O3S/c1-16(2,9-8-13(20)21)19-14(22)18-15-17-10-12(23-15)11-6-4-3-5-7-11/h10-11H,3-9H2,1-2H3,(H,20,21)(H2,17,18,19,22). The van der Waals surface area contributed by atoms with Crippen LogP contribution in [-0.4, -0.2) is 27.6 Å². The largest absolute Gasteiger partial charge is 0.481 e. The molecule has 0 atom stereocenters. The molecular formula is C16H25N3O3S. The van der Waals surface area contributed by atoms with Crippen molar-refractivity contribution in [3.05, 3.63) is 11.1 Å². The lowest BCUT2D eigenvalue weighted by molar-refractivity contribution is -0.137. The first-order valence-corrected chi connectivity index (χ1v) is 8.94. The number of amides is 2. The van der Waals surface area contributed by atoms with Crippen molar-refractivity contribution in [2.75, 3.05) is 5.32 Å². The third kappa shape index (κ3) is 5.82. The monoisotopic (exact) mass is 339 g/mol. The lowest BCUT2D eigenvalue weighted by atomic mass is 9.89. The van der Waals surface area contributed by atoms with Crippen LogP contribution in [0.2, 0.25) is 0 Å². The second kappa shape index (κ2) is 7.77. The highest BCUT2D eigenvalue weighted by atomic mass is 32.1. The molecule has 0 spiro atoms. The highest BCUT2D eigenvalue weighted by Crippen LogP contribution is 2.36. The van der Waals surface area contributed by atoms with Crippen LogP contribution in [-0.2, 0) is 4.79 Å². The maximum absolute atomic E-state index is 12.1. The van der Waals surface area contributed by atoms with Gasteiger partial charge < -0.3 is 10.4 Å². The van der Waals surface area contributed by atoms with Crippen LogP contribution in [0.5, 0.6) is 0 Å². The summed E-state index contributed by atoms with van der Waals surface area (Å²) in [6, 6.07) is -0.343. The van der Waals surface area contributed by atoms with Crippen molar-refractivity contribution < 1.29 is 14.7 Å².